The molecule has 2 N–H and O–H groups in total. The van der Waals surface area contributed by atoms with E-state index in [1.807, 2.05) is 6.07 Å². The molecule has 27 heavy (non-hydrogen) atoms. The van der Waals surface area contributed by atoms with Gasteiger partial charge in [-0.1, -0.05) is 72.8 Å². The first kappa shape index (κ1) is 15.4. The summed E-state index contributed by atoms with van der Waals surface area (Å²) in [5.74, 6) is 0. The number of benzene rings is 3. The fourth-order valence-corrected chi connectivity index (χ4v) is 6.23. The highest BCUT2D eigenvalue weighted by molar-refractivity contribution is 7.22. The molecule has 1 heterocycles. The van der Waals surface area contributed by atoms with E-state index in [1.54, 1.807) is 0 Å². The molecule has 1 spiro atoms. The molecule has 0 saturated carbocycles. The van der Waals surface area contributed by atoms with Crippen molar-refractivity contribution in [3.8, 4) is 22.3 Å². The summed E-state index contributed by atoms with van der Waals surface area (Å²) in [4.78, 5) is 1.18. The van der Waals surface area contributed by atoms with Crippen LogP contribution in [0.15, 0.2) is 78.9 Å². The molecule has 2 aliphatic carbocycles. The maximum absolute atomic E-state index is 9.82. The first-order valence-corrected chi connectivity index (χ1v) is 9.84. The lowest BCUT2D eigenvalue weighted by atomic mass is 9.74. The first-order chi connectivity index (χ1) is 13.2. The second kappa shape index (κ2) is 5.20. The number of thiophene rings is 1. The smallest absolute Gasteiger partial charge is 0.423 e. The minimum absolute atomic E-state index is 0.378. The van der Waals surface area contributed by atoms with Crippen LogP contribution < -0.4 is 4.78 Å². The molecule has 0 atom stereocenters. The number of rotatable bonds is 1. The summed E-state index contributed by atoms with van der Waals surface area (Å²) in [6.07, 6.45) is 0. The maximum Gasteiger partial charge on any atom is 0.499 e. The van der Waals surface area contributed by atoms with Crippen molar-refractivity contribution in [2.24, 2.45) is 0 Å². The van der Waals surface area contributed by atoms with Gasteiger partial charge >= 0.3 is 7.12 Å². The van der Waals surface area contributed by atoms with Gasteiger partial charge in [-0.05, 0) is 45.0 Å². The van der Waals surface area contributed by atoms with Crippen molar-refractivity contribution < 1.29 is 10.0 Å². The molecule has 1 aromatic heterocycles. The largest absolute Gasteiger partial charge is 0.499 e. The normalized spacial score (nSPS) is 14.6. The summed E-state index contributed by atoms with van der Waals surface area (Å²) >= 11 is 1.51. The van der Waals surface area contributed by atoms with E-state index in [-0.39, 0.29) is 5.41 Å². The van der Waals surface area contributed by atoms with Crippen molar-refractivity contribution in [1.82, 2.24) is 0 Å². The van der Waals surface area contributed by atoms with E-state index in [1.165, 1.54) is 49.6 Å². The summed E-state index contributed by atoms with van der Waals surface area (Å²) in [5.41, 5.74) is 8.27. The van der Waals surface area contributed by atoms with Crippen LogP contribution in [0.25, 0.3) is 22.3 Å². The van der Waals surface area contributed by atoms with Crippen LogP contribution in [0.2, 0.25) is 0 Å². The molecule has 4 heteroatoms. The van der Waals surface area contributed by atoms with Crippen LogP contribution >= 0.6 is 11.3 Å². The van der Waals surface area contributed by atoms with Crippen molar-refractivity contribution in [1.29, 1.82) is 0 Å². The molecule has 0 unspecified atom stereocenters. The molecule has 0 radical (unpaired) electrons. The lowest BCUT2D eigenvalue weighted by Crippen LogP contribution is -2.28. The molecule has 2 aliphatic rings. The van der Waals surface area contributed by atoms with Crippen molar-refractivity contribution in [3.05, 3.63) is 100 Å². The second-order valence-electron chi connectivity index (χ2n) is 7.15. The SMILES string of the molecule is OB(O)c1cc2c(s1)C1(c3ccccc3-c3ccccc31)c1ccccc1-2. The quantitative estimate of drug-likeness (QED) is 0.435. The monoisotopic (exact) mass is 366 g/mol. The van der Waals surface area contributed by atoms with Crippen LogP contribution in [0.5, 0.6) is 0 Å². The first-order valence-electron chi connectivity index (χ1n) is 9.02. The van der Waals surface area contributed by atoms with Gasteiger partial charge in [-0.2, -0.15) is 0 Å². The Bertz CT molecular complexity index is 1180. The summed E-state index contributed by atoms with van der Waals surface area (Å²) in [5, 5.41) is 19.6. The molecule has 6 rings (SSSR count). The van der Waals surface area contributed by atoms with E-state index in [4.69, 9.17) is 0 Å². The highest BCUT2D eigenvalue weighted by Gasteiger charge is 2.52. The highest BCUT2D eigenvalue weighted by atomic mass is 32.1. The Morgan fingerprint density at radius 3 is 1.56 bits per heavy atom. The Kier molecular flexibility index (Phi) is 2.97. The van der Waals surface area contributed by atoms with Crippen molar-refractivity contribution in [2.45, 2.75) is 5.41 Å². The van der Waals surface area contributed by atoms with Gasteiger partial charge in [-0.3, -0.25) is 0 Å². The minimum atomic E-state index is -1.45. The molecule has 0 amide bonds. The number of hydrogen-bond acceptors (Lipinski definition) is 3. The van der Waals surface area contributed by atoms with Gasteiger partial charge in [-0.15, -0.1) is 11.3 Å². The van der Waals surface area contributed by atoms with E-state index >= 15 is 0 Å². The van der Waals surface area contributed by atoms with Gasteiger partial charge in [0.25, 0.3) is 0 Å². The standard InChI is InChI=1S/C23H15BO2S/c25-24(26)21-13-17-16-9-3-6-12-20(16)23(22(17)27-21)18-10-4-1-7-14(18)15-8-2-5-11-19(15)23/h1-13,25-26H. The third-order valence-electron chi connectivity index (χ3n) is 5.92. The topological polar surface area (TPSA) is 40.5 Å². The number of fused-ring (bicyclic) bond motifs is 10. The van der Waals surface area contributed by atoms with E-state index in [0.29, 0.717) is 4.78 Å². The zero-order valence-corrected chi connectivity index (χ0v) is 15.2. The molecule has 2 nitrogen and oxygen atoms in total. The molecule has 3 aromatic carbocycles. The zero-order chi connectivity index (χ0) is 18.2. The fourth-order valence-electron chi connectivity index (χ4n) is 4.95. The minimum Gasteiger partial charge on any atom is -0.423 e. The van der Waals surface area contributed by atoms with E-state index < -0.39 is 7.12 Å². The Balaban J connectivity index is 1.83. The van der Waals surface area contributed by atoms with Crippen LogP contribution in [-0.2, 0) is 5.41 Å². The lowest BCUT2D eigenvalue weighted by Gasteiger charge is -2.29. The average Bonchev–Trinajstić information content (AvgIpc) is 3.34. The van der Waals surface area contributed by atoms with Crippen LogP contribution in [-0.4, -0.2) is 17.2 Å². The summed E-state index contributed by atoms with van der Waals surface area (Å²) in [7, 11) is -1.45. The maximum atomic E-state index is 9.82. The molecule has 0 fully saturated rings. The van der Waals surface area contributed by atoms with E-state index in [0.717, 1.165) is 5.56 Å². The van der Waals surface area contributed by atoms with Crippen LogP contribution in [0.4, 0.5) is 0 Å². The van der Waals surface area contributed by atoms with Crippen LogP contribution in [0, 0.1) is 0 Å². The third-order valence-corrected chi connectivity index (χ3v) is 7.21. The Morgan fingerprint density at radius 1 is 0.630 bits per heavy atom. The highest BCUT2D eigenvalue weighted by Crippen LogP contribution is 2.63. The molecular weight excluding hydrogens is 351 g/mol. The Morgan fingerprint density at radius 2 is 1.07 bits per heavy atom. The summed E-state index contributed by atoms with van der Waals surface area (Å²) < 4.78 is 0.593. The average molecular weight is 366 g/mol. The fraction of sp³-hybridized carbons (Fsp3) is 0.0435. The number of hydrogen-bond donors (Lipinski definition) is 2. The van der Waals surface area contributed by atoms with Gasteiger partial charge in [-0.25, -0.2) is 0 Å². The van der Waals surface area contributed by atoms with Crippen LogP contribution in [0.1, 0.15) is 21.6 Å². The molecule has 0 saturated heterocycles. The van der Waals surface area contributed by atoms with Gasteiger partial charge in [0.2, 0.25) is 0 Å². The zero-order valence-electron chi connectivity index (χ0n) is 14.4. The Labute approximate surface area is 161 Å². The molecule has 4 aromatic rings. The summed E-state index contributed by atoms with van der Waals surface area (Å²) in [6, 6.07) is 27.7. The third kappa shape index (κ3) is 1.73. The van der Waals surface area contributed by atoms with Crippen LogP contribution in [0.3, 0.4) is 0 Å². The predicted octanol–water partition coefficient (Wildman–Crippen LogP) is 3.77. The van der Waals surface area contributed by atoms with Crippen molar-refractivity contribution in [2.75, 3.05) is 0 Å². The summed E-state index contributed by atoms with van der Waals surface area (Å²) in [6.45, 7) is 0. The van der Waals surface area contributed by atoms with Crippen molar-refractivity contribution >= 4 is 23.2 Å². The lowest BCUT2D eigenvalue weighted by molar-refractivity contribution is 0.427. The van der Waals surface area contributed by atoms with Gasteiger partial charge in [0, 0.05) is 9.65 Å². The van der Waals surface area contributed by atoms with E-state index in [9.17, 15) is 10.0 Å². The van der Waals surface area contributed by atoms with Gasteiger partial charge in [0.1, 0.15) is 0 Å². The van der Waals surface area contributed by atoms with Gasteiger partial charge < -0.3 is 10.0 Å². The second-order valence-corrected chi connectivity index (χ2v) is 8.24. The Hall–Kier alpha value is -2.66. The van der Waals surface area contributed by atoms with E-state index in [2.05, 4.69) is 72.8 Å². The van der Waals surface area contributed by atoms with Gasteiger partial charge in [0.05, 0.1) is 5.41 Å². The van der Waals surface area contributed by atoms with Crippen molar-refractivity contribution in [3.63, 3.8) is 0 Å². The molecule has 0 bridgehead atoms. The predicted molar refractivity (Wildman–Crippen MR) is 110 cm³/mol. The molecule has 128 valence electrons. The molecular formula is C23H15BO2S. The van der Waals surface area contributed by atoms with Gasteiger partial charge in [0.15, 0.2) is 0 Å². The molecule has 0 aliphatic heterocycles.